The fourth-order valence-corrected chi connectivity index (χ4v) is 5.63. The van der Waals surface area contributed by atoms with E-state index in [1.54, 1.807) is 25.1 Å². The molecule has 0 fully saturated rings. The lowest BCUT2D eigenvalue weighted by molar-refractivity contribution is -0.138. The third-order valence-electron chi connectivity index (χ3n) is 6.11. The van der Waals surface area contributed by atoms with Gasteiger partial charge in [0.05, 0.1) is 10.6 Å². The van der Waals surface area contributed by atoms with Crippen LogP contribution in [0.2, 0.25) is 10.0 Å². The van der Waals surface area contributed by atoms with Crippen LogP contribution in [0.15, 0.2) is 83.8 Å². The number of rotatable bonds is 12. The van der Waals surface area contributed by atoms with Gasteiger partial charge in [-0.3, -0.25) is 13.9 Å². The SMILES string of the molecule is CC(C)CNC(=O)[C@H](C)N(CCc1ccccc1)C(=O)CN(c1cccc(Cl)c1)S(=O)(=O)c1ccc(Cl)cc1. The van der Waals surface area contributed by atoms with Crippen molar-refractivity contribution in [3.8, 4) is 0 Å². The lowest BCUT2D eigenvalue weighted by atomic mass is 10.1. The number of nitrogens with one attached hydrogen (secondary N) is 1. The van der Waals surface area contributed by atoms with E-state index in [1.807, 2.05) is 44.2 Å². The zero-order valence-corrected chi connectivity index (χ0v) is 24.5. The van der Waals surface area contributed by atoms with E-state index in [0.29, 0.717) is 23.0 Å². The van der Waals surface area contributed by atoms with E-state index < -0.39 is 28.5 Å². The molecule has 0 heterocycles. The second-order valence-corrected chi connectivity index (χ2v) is 12.3. The summed E-state index contributed by atoms with van der Waals surface area (Å²) in [6.07, 6.45) is 0.496. The first-order chi connectivity index (χ1) is 18.5. The van der Waals surface area contributed by atoms with Crippen molar-refractivity contribution in [2.75, 3.05) is 23.9 Å². The highest BCUT2D eigenvalue weighted by molar-refractivity contribution is 7.92. The normalized spacial score (nSPS) is 12.2. The van der Waals surface area contributed by atoms with Gasteiger partial charge in [-0.2, -0.15) is 0 Å². The summed E-state index contributed by atoms with van der Waals surface area (Å²) in [6.45, 7) is 5.77. The summed E-state index contributed by atoms with van der Waals surface area (Å²) in [6, 6.07) is 20.8. The van der Waals surface area contributed by atoms with Crippen molar-refractivity contribution >= 4 is 50.7 Å². The number of anilines is 1. The van der Waals surface area contributed by atoms with Crippen LogP contribution >= 0.6 is 23.2 Å². The molecule has 1 atom stereocenters. The molecule has 10 heteroatoms. The maximum Gasteiger partial charge on any atom is 0.264 e. The number of amides is 2. The zero-order chi connectivity index (χ0) is 28.6. The molecule has 39 heavy (non-hydrogen) atoms. The molecule has 3 aromatic rings. The second kappa shape index (κ2) is 13.8. The molecule has 1 N–H and O–H groups in total. The van der Waals surface area contributed by atoms with Gasteiger partial charge >= 0.3 is 0 Å². The van der Waals surface area contributed by atoms with Crippen LogP contribution in [0.1, 0.15) is 26.3 Å². The number of halogens is 2. The molecule has 0 spiro atoms. The topological polar surface area (TPSA) is 86.8 Å². The molecule has 7 nitrogen and oxygen atoms in total. The van der Waals surface area contributed by atoms with Gasteiger partial charge in [0, 0.05) is 23.1 Å². The van der Waals surface area contributed by atoms with Crippen molar-refractivity contribution in [1.29, 1.82) is 0 Å². The number of nitrogens with zero attached hydrogens (tertiary/aromatic N) is 2. The van der Waals surface area contributed by atoms with Crippen LogP contribution in [0.25, 0.3) is 0 Å². The highest BCUT2D eigenvalue weighted by Crippen LogP contribution is 2.27. The van der Waals surface area contributed by atoms with Crippen LogP contribution in [0.3, 0.4) is 0 Å². The first kappa shape index (κ1) is 30.5. The lowest BCUT2D eigenvalue weighted by Gasteiger charge is -2.32. The third-order valence-corrected chi connectivity index (χ3v) is 8.39. The summed E-state index contributed by atoms with van der Waals surface area (Å²) < 4.78 is 28.5. The zero-order valence-electron chi connectivity index (χ0n) is 22.2. The molecule has 0 saturated carbocycles. The number of carbonyl (C=O) groups excluding carboxylic acids is 2. The molecule has 0 aliphatic carbocycles. The fraction of sp³-hybridized carbons (Fsp3) is 0.310. The summed E-state index contributed by atoms with van der Waals surface area (Å²) in [4.78, 5) is 28.2. The molecule has 0 aromatic heterocycles. The predicted molar refractivity (Wildman–Crippen MR) is 157 cm³/mol. The predicted octanol–water partition coefficient (Wildman–Crippen LogP) is 5.42. The third kappa shape index (κ3) is 8.46. The Bertz CT molecular complexity index is 1370. The van der Waals surface area contributed by atoms with Gasteiger partial charge < -0.3 is 10.2 Å². The van der Waals surface area contributed by atoms with E-state index in [0.717, 1.165) is 9.87 Å². The van der Waals surface area contributed by atoms with Gasteiger partial charge in [-0.1, -0.05) is 73.4 Å². The van der Waals surface area contributed by atoms with Crippen LogP contribution in [-0.2, 0) is 26.0 Å². The molecule has 0 aliphatic heterocycles. The fourth-order valence-electron chi connectivity index (χ4n) is 3.92. The number of carbonyl (C=O) groups is 2. The van der Waals surface area contributed by atoms with E-state index >= 15 is 0 Å². The van der Waals surface area contributed by atoms with E-state index in [4.69, 9.17) is 23.2 Å². The molecular weight excluding hydrogens is 557 g/mol. The average molecular weight is 591 g/mol. The molecule has 208 valence electrons. The maximum absolute atomic E-state index is 13.8. The van der Waals surface area contributed by atoms with E-state index in [1.165, 1.54) is 35.2 Å². The number of benzene rings is 3. The Morgan fingerprint density at radius 2 is 1.54 bits per heavy atom. The van der Waals surface area contributed by atoms with Crippen LogP contribution in [0.5, 0.6) is 0 Å². The molecule has 2 amide bonds. The Labute approximate surface area is 240 Å². The van der Waals surface area contributed by atoms with Crippen LogP contribution in [0, 0.1) is 5.92 Å². The summed E-state index contributed by atoms with van der Waals surface area (Å²) in [7, 11) is -4.18. The van der Waals surface area contributed by atoms with Gasteiger partial charge in [-0.15, -0.1) is 0 Å². The Morgan fingerprint density at radius 1 is 0.872 bits per heavy atom. The van der Waals surface area contributed by atoms with Crippen LogP contribution in [0.4, 0.5) is 5.69 Å². The summed E-state index contributed by atoms with van der Waals surface area (Å²) in [5.41, 5.74) is 1.22. The van der Waals surface area contributed by atoms with Gasteiger partial charge in [-0.05, 0) is 67.3 Å². The average Bonchev–Trinajstić information content (AvgIpc) is 2.91. The molecule has 3 aromatic carbocycles. The van der Waals surface area contributed by atoms with Crippen molar-refractivity contribution in [3.63, 3.8) is 0 Å². The first-order valence-corrected chi connectivity index (χ1v) is 14.8. The van der Waals surface area contributed by atoms with E-state index in [2.05, 4.69) is 5.32 Å². The molecule has 0 bridgehead atoms. The van der Waals surface area contributed by atoms with Crippen molar-refractivity contribution in [3.05, 3.63) is 94.5 Å². The quantitative estimate of drug-likeness (QED) is 0.305. The number of hydrogen-bond acceptors (Lipinski definition) is 4. The molecule has 0 saturated heterocycles. The molecule has 0 radical (unpaired) electrons. The minimum absolute atomic E-state index is 0.0294. The summed E-state index contributed by atoms with van der Waals surface area (Å²) >= 11 is 12.2. The van der Waals surface area contributed by atoms with Gasteiger partial charge in [0.2, 0.25) is 11.8 Å². The van der Waals surface area contributed by atoms with Crippen LogP contribution < -0.4 is 9.62 Å². The van der Waals surface area contributed by atoms with Crippen molar-refractivity contribution in [2.45, 2.75) is 38.1 Å². The van der Waals surface area contributed by atoms with Gasteiger partial charge in [0.25, 0.3) is 10.0 Å². The van der Waals surface area contributed by atoms with Gasteiger partial charge in [0.15, 0.2) is 0 Å². The molecule has 3 rings (SSSR count). The standard InChI is InChI=1S/C29H33Cl2N3O4S/c1-21(2)19-32-29(36)22(3)33(17-16-23-8-5-4-6-9-23)28(35)20-34(26-11-7-10-25(31)18-26)39(37,38)27-14-12-24(30)13-15-27/h4-15,18,21-22H,16-17,19-20H2,1-3H3,(H,32,36)/t22-/m0/s1. The highest BCUT2D eigenvalue weighted by Gasteiger charge is 2.32. The maximum atomic E-state index is 13.8. The summed E-state index contributed by atoms with van der Waals surface area (Å²) in [5, 5.41) is 3.57. The summed E-state index contributed by atoms with van der Waals surface area (Å²) in [5.74, 6) is -0.590. The lowest BCUT2D eigenvalue weighted by Crippen LogP contribution is -2.52. The minimum atomic E-state index is -4.18. The largest absolute Gasteiger partial charge is 0.354 e. The highest BCUT2D eigenvalue weighted by atomic mass is 35.5. The Morgan fingerprint density at radius 3 is 2.15 bits per heavy atom. The molecule has 0 unspecified atom stereocenters. The van der Waals surface area contributed by atoms with Crippen molar-refractivity contribution < 1.29 is 18.0 Å². The van der Waals surface area contributed by atoms with Crippen molar-refractivity contribution in [1.82, 2.24) is 10.2 Å². The Hall–Kier alpha value is -3.07. The van der Waals surface area contributed by atoms with E-state index in [9.17, 15) is 18.0 Å². The van der Waals surface area contributed by atoms with Crippen molar-refractivity contribution in [2.24, 2.45) is 5.92 Å². The number of sulfonamides is 1. The van der Waals surface area contributed by atoms with Gasteiger partial charge in [0.1, 0.15) is 12.6 Å². The molecular formula is C29H33Cl2N3O4S. The molecule has 0 aliphatic rings. The first-order valence-electron chi connectivity index (χ1n) is 12.6. The monoisotopic (exact) mass is 589 g/mol. The Kier molecular flexibility index (Phi) is 10.8. The number of hydrogen-bond donors (Lipinski definition) is 1. The Balaban J connectivity index is 1.96. The smallest absolute Gasteiger partial charge is 0.264 e. The van der Waals surface area contributed by atoms with Crippen LogP contribution in [-0.4, -0.2) is 50.8 Å². The second-order valence-electron chi connectivity index (χ2n) is 9.58. The van der Waals surface area contributed by atoms with E-state index in [-0.39, 0.29) is 29.0 Å². The van der Waals surface area contributed by atoms with Gasteiger partial charge in [-0.25, -0.2) is 8.42 Å². The minimum Gasteiger partial charge on any atom is -0.354 e.